The second kappa shape index (κ2) is 5.99. The monoisotopic (exact) mass is 287 g/mol. The lowest BCUT2D eigenvalue weighted by molar-refractivity contribution is -0.125. The molecule has 1 aromatic carbocycles. The third-order valence-electron chi connectivity index (χ3n) is 3.63. The van der Waals surface area contributed by atoms with E-state index in [-0.39, 0.29) is 11.9 Å². The molecule has 5 nitrogen and oxygen atoms in total. The van der Waals surface area contributed by atoms with Crippen molar-refractivity contribution in [3.63, 3.8) is 0 Å². The molecule has 0 fully saturated rings. The Bertz CT molecular complexity index is 588. The number of carbonyl (C=O) groups excluding carboxylic acids is 2. The zero-order chi connectivity index (χ0) is 15.6. The highest BCUT2D eigenvalue weighted by Crippen LogP contribution is 2.27. The molecule has 0 unspecified atom stereocenters. The first-order valence-corrected chi connectivity index (χ1v) is 7.02. The van der Waals surface area contributed by atoms with Crippen LogP contribution in [0.1, 0.15) is 31.0 Å². The summed E-state index contributed by atoms with van der Waals surface area (Å²) in [6.07, 6.45) is 0.956. The van der Waals surface area contributed by atoms with E-state index in [1.165, 1.54) is 10.5 Å². The van der Waals surface area contributed by atoms with Crippen LogP contribution in [0.2, 0.25) is 0 Å². The van der Waals surface area contributed by atoms with E-state index < -0.39 is 6.04 Å². The van der Waals surface area contributed by atoms with Crippen LogP contribution in [0.3, 0.4) is 0 Å². The molecule has 1 aliphatic rings. The fourth-order valence-corrected chi connectivity index (χ4v) is 2.41. The van der Waals surface area contributed by atoms with E-state index in [2.05, 4.69) is 17.6 Å². The largest absolute Gasteiger partial charge is 0.345 e. The van der Waals surface area contributed by atoms with Gasteiger partial charge in [-0.25, -0.2) is 4.79 Å². The predicted molar refractivity (Wildman–Crippen MR) is 81.6 cm³/mol. The molecule has 2 N–H and O–H groups in total. The molecule has 0 saturated heterocycles. The number of hydrogen-bond donors (Lipinski definition) is 2. The second-order valence-electron chi connectivity index (χ2n) is 5.36. The van der Waals surface area contributed by atoms with Crippen LogP contribution in [0.25, 0.3) is 0 Å². The van der Waals surface area contributed by atoms with Crippen molar-refractivity contribution in [1.29, 1.82) is 0 Å². The zero-order valence-electron chi connectivity index (χ0n) is 12.9. The molecular formula is C16H21N3O2. The number of urea groups is 1. The molecule has 3 amide bonds. The summed E-state index contributed by atoms with van der Waals surface area (Å²) >= 11 is 0. The second-order valence-corrected chi connectivity index (χ2v) is 5.36. The molecule has 0 saturated carbocycles. The Morgan fingerprint density at radius 3 is 2.38 bits per heavy atom. The van der Waals surface area contributed by atoms with E-state index in [0.29, 0.717) is 11.3 Å². The van der Waals surface area contributed by atoms with Crippen molar-refractivity contribution in [3.8, 4) is 0 Å². The third-order valence-corrected chi connectivity index (χ3v) is 3.63. The van der Waals surface area contributed by atoms with Gasteiger partial charge in [-0.2, -0.15) is 0 Å². The van der Waals surface area contributed by atoms with Gasteiger partial charge in [0.25, 0.3) is 5.91 Å². The van der Waals surface area contributed by atoms with Crippen molar-refractivity contribution < 1.29 is 9.59 Å². The highest BCUT2D eigenvalue weighted by atomic mass is 16.2. The van der Waals surface area contributed by atoms with Gasteiger partial charge in [-0.15, -0.1) is 0 Å². The lowest BCUT2D eigenvalue weighted by atomic mass is 9.93. The number of rotatable bonds is 3. The van der Waals surface area contributed by atoms with Gasteiger partial charge in [-0.3, -0.25) is 4.79 Å². The summed E-state index contributed by atoms with van der Waals surface area (Å²) in [6, 6.07) is 7.27. The number of carbonyl (C=O) groups is 2. The molecule has 2 rings (SSSR count). The number of aryl methyl sites for hydroxylation is 1. The standard InChI is InChI=1S/C16H21N3O2/c1-5-11-6-8-12(9-7-11)14-13(15(20)19(3)4)10(2)17-16(21)18-14/h6-9,14H,5H2,1-4H3,(H2,17,18,21)/t14-/m1/s1. The molecule has 1 aliphatic heterocycles. The minimum Gasteiger partial charge on any atom is -0.345 e. The zero-order valence-corrected chi connectivity index (χ0v) is 12.9. The average Bonchev–Trinajstić information content (AvgIpc) is 2.46. The molecule has 1 aromatic rings. The summed E-state index contributed by atoms with van der Waals surface area (Å²) in [4.78, 5) is 25.7. The van der Waals surface area contributed by atoms with Crippen LogP contribution < -0.4 is 10.6 Å². The Hall–Kier alpha value is -2.30. The van der Waals surface area contributed by atoms with Gasteiger partial charge < -0.3 is 15.5 Å². The molecular weight excluding hydrogens is 266 g/mol. The van der Waals surface area contributed by atoms with E-state index >= 15 is 0 Å². The highest BCUT2D eigenvalue weighted by Gasteiger charge is 2.31. The molecule has 112 valence electrons. The van der Waals surface area contributed by atoms with Crippen LogP contribution >= 0.6 is 0 Å². The number of nitrogens with zero attached hydrogens (tertiary/aromatic N) is 1. The Kier molecular flexibility index (Phi) is 4.31. The van der Waals surface area contributed by atoms with E-state index in [4.69, 9.17) is 0 Å². The van der Waals surface area contributed by atoms with Gasteiger partial charge >= 0.3 is 6.03 Å². The lowest BCUT2D eigenvalue weighted by Crippen LogP contribution is -2.46. The van der Waals surface area contributed by atoms with Gasteiger partial charge in [0.15, 0.2) is 0 Å². The Labute approximate surface area is 125 Å². The van der Waals surface area contributed by atoms with Gasteiger partial charge in [-0.05, 0) is 24.5 Å². The van der Waals surface area contributed by atoms with Gasteiger partial charge in [0.05, 0.1) is 11.6 Å². The molecule has 5 heteroatoms. The summed E-state index contributed by atoms with van der Waals surface area (Å²) in [5.41, 5.74) is 3.30. The number of allylic oxidation sites excluding steroid dienone is 1. The fraction of sp³-hybridized carbons (Fsp3) is 0.375. The van der Waals surface area contributed by atoms with Gasteiger partial charge in [0.2, 0.25) is 0 Å². The molecule has 0 radical (unpaired) electrons. The van der Waals surface area contributed by atoms with E-state index in [1.807, 2.05) is 24.3 Å². The Morgan fingerprint density at radius 1 is 1.24 bits per heavy atom. The summed E-state index contributed by atoms with van der Waals surface area (Å²) in [6.45, 7) is 3.84. The average molecular weight is 287 g/mol. The van der Waals surface area contributed by atoms with Crippen molar-refractivity contribution in [3.05, 3.63) is 46.7 Å². The first-order chi connectivity index (χ1) is 9.93. The number of hydrogen-bond acceptors (Lipinski definition) is 2. The third kappa shape index (κ3) is 3.07. The van der Waals surface area contributed by atoms with E-state index in [1.54, 1.807) is 21.0 Å². The lowest BCUT2D eigenvalue weighted by Gasteiger charge is -2.30. The number of amides is 3. The topological polar surface area (TPSA) is 61.4 Å². The first kappa shape index (κ1) is 15.1. The molecule has 0 spiro atoms. The van der Waals surface area contributed by atoms with Crippen LogP contribution in [0.5, 0.6) is 0 Å². The highest BCUT2D eigenvalue weighted by molar-refractivity contribution is 5.98. The van der Waals surface area contributed by atoms with Gasteiger partial charge in [0, 0.05) is 19.8 Å². The van der Waals surface area contributed by atoms with E-state index in [0.717, 1.165) is 12.0 Å². The maximum Gasteiger partial charge on any atom is 0.319 e. The maximum atomic E-state index is 12.4. The van der Waals surface area contributed by atoms with Crippen LogP contribution in [-0.4, -0.2) is 30.9 Å². The molecule has 1 heterocycles. The molecule has 1 atom stereocenters. The number of nitrogens with one attached hydrogen (secondary N) is 2. The fourth-order valence-electron chi connectivity index (χ4n) is 2.41. The quantitative estimate of drug-likeness (QED) is 0.893. The van der Waals surface area contributed by atoms with Gasteiger partial charge in [0.1, 0.15) is 0 Å². The van der Waals surface area contributed by atoms with Crippen LogP contribution in [0.4, 0.5) is 4.79 Å². The summed E-state index contributed by atoms with van der Waals surface area (Å²) < 4.78 is 0. The van der Waals surface area contributed by atoms with Crippen LogP contribution in [0, 0.1) is 0 Å². The van der Waals surface area contributed by atoms with Gasteiger partial charge in [-0.1, -0.05) is 31.2 Å². The van der Waals surface area contributed by atoms with Crippen molar-refractivity contribution in [2.75, 3.05) is 14.1 Å². The molecule has 21 heavy (non-hydrogen) atoms. The first-order valence-electron chi connectivity index (χ1n) is 7.02. The minimum absolute atomic E-state index is 0.107. The van der Waals surface area contributed by atoms with E-state index in [9.17, 15) is 9.59 Å². The predicted octanol–water partition coefficient (Wildman–Crippen LogP) is 1.97. The van der Waals surface area contributed by atoms with Crippen molar-refractivity contribution in [2.45, 2.75) is 26.3 Å². The van der Waals surface area contributed by atoms with Crippen LogP contribution in [-0.2, 0) is 11.2 Å². The summed E-state index contributed by atoms with van der Waals surface area (Å²) in [7, 11) is 3.41. The normalized spacial score (nSPS) is 18.1. The van der Waals surface area contributed by atoms with Crippen molar-refractivity contribution in [1.82, 2.24) is 15.5 Å². The Morgan fingerprint density at radius 2 is 1.86 bits per heavy atom. The maximum absolute atomic E-state index is 12.4. The summed E-state index contributed by atoms with van der Waals surface area (Å²) in [5.74, 6) is -0.107. The van der Waals surface area contributed by atoms with Crippen LogP contribution in [0.15, 0.2) is 35.5 Å². The van der Waals surface area contributed by atoms with Crippen molar-refractivity contribution >= 4 is 11.9 Å². The minimum atomic E-state index is -0.417. The number of likely N-dealkylation sites (N-methyl/N-ethyl adjacent to an activating group) is 1. The summed E-state index contributed by atoms with van der Waals surface area (Å²) in [5, 5.41) is 5.50. The number of benzene rings is 1. The molecule has 0 bridgehead atoms. The molecule has 0 aromatic heterocycles. The smallest absolute Gasteiger partial charge is 0.319 e. The van der Waals surface area contributed by atoms with Crippen molar-refractivity contribution in [2.24, 2.45) is 0 Å². The Balaban J connectivity index is 2.44. The SMILES string of the molecule is CCc1ccc([C@H]2NC(=O)NC(C)=C2C(=O)N(C)C)cc1. The molecule has 0 aliphatic carbocycles.